The first-order chi connectivity index (χ1) is 11.4. The zero-order chi connectivity index (χ0) is 17.9. The first kappa shape index (κ1) is 18.7. The van der Waals surface area contributed by atoms with Crippen LogP contribution in [0.15, 0.2) is 33.8 Å². The molecule has 0 atom stereocenters. The summed E-state index contributed by atoms with van der Waals surface area (Å²) in [6.45, 7) is 6.02. The minimum Gasteiger partial charge on any atom is -0.468 e. The number of ether oxygens (including phenoxy) is 1. The Balaban J connectivity index is 2.32. The summed E-state index contributed by atoms with van der Waals surface area (Å²) in [5.74, 6) is -0.770. The first-order valence-electron chi connectivity index (χ1n) is 8.32. The van der Waals surface area contributed by atoms with E-state index < -0.39 is 11.4 Å². The number of carbonyl (C=O) groups is 2. The van der Waals surface area contributed by atoms with Gasteiger partial charge < -0.3 is 10.1 Å². The molecule has 0 bridgehead atoms. The van der Waals surface area contributed by atoms with E-state index >= 15 is 0 Å². The molecule has 1 amide bonds. The van der Waals surface area contributed by atoms with Crippen LogP contribution in [0.3, 0.4) is 0 Å². The quantitative estimate of drug-likeness (QED) is 0.412. The van der Waals surface area contributed by atoms with Crippen molar-refractivity contribution in [1.82, 2.24) is 0 Å². The Bertz CT molecular complexity index is 678. The third kappa shape index (κ3) is 3.14. The van der Waals surface area contributed by atoms with Gasteiger partial charge in [-0.15, -0.1) is 0 Å². The number of halogens is 1. The van der Waals surface area contributed by atoms with Crippen molar-refractivity contribution in [1.29, 1.82) is 0 Å². The molecule has 0 aromatic heterocycles. The highest BCUT2D eigenvalue weighted by Crippen LogP contribution is 2.58. The molecule has 1 aromatic rings. The Kier molecular flexibility index (Phi) is 5.86. The van der Waals surface area contributed by atoms with Crippen molar-refractivity contribution in [3.8, 4) is 0 Å². The number of aryl methyl sites for hydroxylation is 1. The molecule has 4 nitrogen and oxygen atoms in total. The van der Waals surface area contributed by atoms with E-state index in [2.05, 4.69) is 21.2 Å². The van der Waals surface area contributed by atoms with Gasteiger partial charge in [-0.05, 0) is 54.7 Å². The lowest BCUT2D eigenvalue weighted by atomic mass is 9.93. The van der Waals surface area contributed by atoms with E-state index in [1.165, 1.54) is 7.11 Å². The molecule has 2 rings (SSSR count). The van der Waals surface area contributed by atoms with Crippen LogP contribution in [0.4, 0.5) is 5.69 Å². The summed E-state index contributed by atoms with van der Waals surface area (Å²) in [6.07, 6.45) is 3.28. The maximum absolute atomic E-state index is 13.0. The molecule has 1 aliphatic rings. The molecule has 0 spiro atoms. The molecule has 0 saturated heterocycles. The maximum atomic E-state index is 13.0. The molecule has 1 aromatic carbocycles. The zero-order valence-corrected chi connectivity index (χ0v) is 16.2. The molecule has 0 radical (unpaired) electrons. The summed E-state index contributed by atoms with van der Waals surface area (Å²) in [4.78, 5) is 25.5. The van der Waals surface area contributed by atoms with Gasteiger partial charge in [0.15, 0.2) is 5.41 Å². The van der Waals surface area contributed by atoms with Crippen LogP contribution in [0.2, 0.25) is 0 Å². The predicted octanol–water partition coefficient (Wildman–Crippen LogP) is 4.77. The highest BCUT2D eigenvalue weighted by atomic mass is 79.9. The molecule has 0 unspecified atom stereocenters. The molecule has 0 fully saturated rings. The van der Waals surface area contributed by atoms with Gasteiger partial charge >= 0.3 is 5.97 Å². The Labute approximate surface area is 151 Å². The van der Waals surface area contributed by atoms with Crippen molar-refractivity contribution in [3.63, 3.8) is 0 Å². The van der Waals surface area contributed by atoms with Crippen molar-refractivity contribution in [2.24, 2.45) is 5.41 Å². The average Bonchev–Trinajstić information content (AvgIpc) is 3.18. The maximum Gasteiger partial charge on any atom is 0.329 e. The van der Waals surface area contributed by atoms with E-state index in [1.807, 2.05) is 39.0 Å². The number of esters is 1. The third-order valence-corrected chi connectivity index (χ3v) is 4.97. The smallest absolute Gasteiger partial charge is 0.329 e. The van der Waals surface area contributed by atoms with Gasteiger partial charge in [-0.3, -0.25) is 9.59 Å². The van der Waals surface area contributed by atoms with Gasteiger partial charge in [0, 0.05) is 10.2 Å². The zero-order valence-electron chi connectivity index (χ0n) is 14.7. The van der Waals surface area contributed by atoms with Crippen molar-refractivity contribution in [3.05, 3.63) is 39.4 Å². The number of methoxy groups -OCH3 is 1. The van der Waals surface area contributed by atoms with Gasteiger partial charge in [0.25, 0.3) is 0 Å². The van der Waals surface area contributed by atoms with Gasteiger partial charge in [-0.25, -0.2) is 0 Å². The van der Waals surface area contributed by atoms with Crippen LogP contribution in [-0.2, 0) is 14.3 Å². The molecule has 0 aliphatic heterocycles. The monoisotopic (exact) mass is 393 g/mol. The van der Waals surface area contributed by atoms with Gasteiger partial charge in [0.2, 0.25) is 5.91 Å². The van der Waals surface area contributed by atoms with Crippen LogP contribution < -0.4 is 5.32 Å². The fourth-order valence-corrected chi connectivity index (χ4v) is 3.79. The lowest BCUT2D eigenvalue weighted by Gasteiger charge is -2.19. The number of nitrogens with one attached hydrogen (secondary N) is 1. The van der Waals surface area contributed by atoms with Gasteiger partial charge in [0.05, 0.1) is 7.11 Å². The highest BCUT2D eigenvalue weighted by molar-refractivity contribution is 9.10. The summed E-state index contributed by atoms with van der Waals surface area (Å²) in [5.41, 5.74) is 2.33. The molecular formula is C19H24BrNO3. The van der Waals surface area contributed by atoms with Crippen LogP contribution >= 0.6 is 15.9 Å². The number of rotatable bonds is 7. The first-order valence-corrected chi connectivity index (χ1v) is 9.11. The number of anilines is 1. The van der Waals surface area contributed by atoms with Crippen LogP contribution in [0.25, 0.3) is 0 Å². The summed E-state index contributed by atoms with van der Waals surface area (Å²) in [6, 6.07) is 5.64. The van der Waals surface area contributed by atoms with Crippen LogP contribution in [-0.4, -0.2) is 19.0 Å². The lowest BCUT2D eigenvalue weighted by molar-refractivity contribution is -0.149. The average molecular weight is 394 g/mol. The SMILES string of the molecule is CCCC1=C(CCC)C1(C(=O)Nc1ccc(Br)cc1C)C(=O)OC. The van der Waals surface area contributed by atoms with Crippen molar-refractivity contribution >= 4 is 33.5 Å². The summed E-state index contributed by atoms with van der Waals surface area (Å²) in [5, 5.41) is 2.93. The number of amides is 1. The number of carbonyl (C=O) groups excluding carboxylic acids is 2. The summed E-state index contributed by atoms with van der Waals surface area (Å²) >= 11 is 3.41. The third-order valence-electron chi connectivity index (χ3n) is 4.48. The fourth-order valence-electron chi connectivity index (χ4n) is 3.32. The van der Waals surface area contributed by atoms with E-state index in [4.69, 9.17) is 4.74 Å². The largest absolute Gasteiger partial charge is 0.468 e. The number of benzene rings is 1. The van der Waals surface area contributed by atoms with Crippen molar-refractivity contribution < 1.29 is 14.3 Å². The Hall–Kier alpha value is -1.62. The minimum atomic E-state index is -1.19. The number of hydrogen-bond acceptors (Lipinski definition) is 3. The van der Waals surface area contributed by atoms with Crippen LogP contribution in [0, 0.1) is 12.3 Å². The topological polar surface area (TPSA) is 55.4 Å². The molecule has 1 aliphatic carbocycles. The second kappa shape index (κ2) is 7.51. The standard InChI is InChI=1S/C19H24BrNO3/c1-5-7-14-15(8-6-2)19(14,18(23)24-4)17(22)21-16-10-9-13(20)11-12(16)3/h9-11H,5-8H2,1-4H3,(H,21,22). The Morgan fingerprint density at radius 2 is 1.75 bits per heavy atom. The van der Waals surface area contributed by atoms with E-state index in [0.29, 0.717) is 5.69 Å². The molecule has 130 valence electrons. The molecular weight excluding hydrogens is 370 g/mol. The number of hydrogen-bond donors (Lipinski definition) is 1. The van der Waals surface area contributed by atoms with E-state index in [9.17, 15) is 9.59 Å². The van der Waals surface area contributed by atoms with Crippen LogP contribution in [0.1, 0.15) is 45.1 Å². The molecule has 5 heteroatoms. The highest BCUT2D eigenvalue weighted by Gasteiger charge is 2.64. The fraction of sp³-hybridized carbons (Fsp3) is 0.474. The molecule has 0 heterocycles. The normalized spacial score (nSPS) is 15.2. The van der Waals surface area contributed by atoms with Gasteiger partial charge in [-0.2, -0.15) is 0 Å². The summed E-state index contributed by atoms with van der Waals surface area (Å²) in [7, 11) is 1.34. The van der Waals surface area contributed by atoms with Crippen LogP contribution in [0.5, 0.6) is 0 Å². The van der Waals surface area contributed by atoms with Crippen molar-refractivity contribution in [2.75, 3.05) is 12.4 Å². The summed E-state index contributed by atoms with van der Waals surface area (Å²) < 4.78 is 5.94. The Morgan fingerprint density at radius 3 is 2.21 bits per heavy atom. The second-order valence-corrected chi connectivity index (χ2v) is 7.03. The molecule has 1 N–H and O–H groups in total. The molecule has 0 saturated carbocycles. The van der Waals surface area contributed by atoms with Gasteiger partial charge in [0.1, 0.15) is 0 Å². The Morgan fingerprint density at radius 1 is 1.17 bits per heavy atom. The van der Waals surface area contributed by atoms with E-state index in [-0.39, 0.29) is 5.91 Å². The van der Waals surface area contributed by atoms with Crippen molar-refractivity contribution in [2.45, 2.75) is 46.5 Å². The van der Waals surface area contributed by atoms with E-state index in [0.717, 1.165) is 46.9 Å². The lowest BCUT2D eigenvalue weighted by Crippen LogP contribution is -2.37. The van der Waals surface area contributed by atoms with E-state index in [1.54, 1.807) is 0 Å². The minimum absolute atomic E-state index is 0.299. The molecule has 24 heavy (non-hydrogen) atoms. The van der Waals surface area contributed by atoms with Gasteiger partial charge in [-0.1, -0.05) is 42.6 Å². The second-order valence-electron chi connectivity index (χ2n) is 6.11. The predicted molar refractivity (Wildman–Crippen MR) is 98.8 cm³/mol.